The van der Waals surface area contributed by atoms with Gasteiger partial charge in [-0.2, -0.15) is 10.2 Å². The molecule has 0 unspecified atom stereocenters. The molecule has 0 radical (unpaired) electrons. The molecule has 328 valence electrons. The Bertz CT molecular complexity index is 2550. The van der Waals surface area contributed by atoms with Crippen molar-refractivity contribution in [1.82, 2.24) is 39.0 Å². The van der Waals surface area contributed by atoms with Crippen molar-refractivity contribution in [2.24, 2.45) is 0 Å². The second kappa shape index (κ2) is 20.9. The molecule has 2 aromatic carbocycles. The van der Waals surface area contributed by atoms with Gasteiger partial charge in [-0.25, -0.2) is 19.0 Å². The van der Waals surface area contributed by atoms with Crippen molar-refractivity contribution in [2.75, 3.05) is 24.1 Å². The number of carbonyl (C=O) groups excluding carboxylic acids is 4. The summed E-state index contributed by atoms with van der Waals surface area (Å²) in [5.74, 6) is -0.565. The Hall–Kier alpha value is -4.99. The largest absolute Gasteiger partial charge is 0.398 e. The van der Waals surface area contributed by atoms with Crippen LogP contribution in [0.4, 0.5) is 11.4 Å². The molecule has 3 N–H and O–H groups in total. The maximum Gasteiger partial charge on any atom is 0.256 e. The number of nitrogens with one attached hydrogen (secondary N) is 1. The summed E-state index contributed by atoms with van der Waals surface area (Å²) in [6.07, 6.45) is 9.16. The maximum atomic E-state index is 13.5. The van der Waals surface area contributed by atoms with E-state index >= 15 is 0 Å². The molecule has 2 saturated heterocycles. The van der Waals surface area contributed by atoms with Crippen LogP contribution in [0.3, 0.4) is 0 Å². The summed E-state index contributed by atoms with van der Waals surface area (Å²) < 4.78 is 3.40. The number of fused-ring (bicyclic) bond motifs is 2. The fourth-order valence-corrected chi connectivity index (χ4v) is 7.93. The maximum absolute atomic E-state index is 13.5. The molecule has 3 amide bonds. The molecular weight excluding hydrogens is 898 g/mol. The van der Waals surface area contributed by atoms with E-state index in [0.29, 0.717) is 67.2 Å². The second-order valence-electron chi connectivity index (χ2n) is 14.8. The summed E-state index contributed by atoms with van der Waals surface area (Å²) in [6.45, 7) is 7.70. The number of halogens is 5. The monoisotopic (exact) mass is 942 g/mol. The van der Waals surface area contributed by atoms with E-state index in [0.717, 1.165) is 61.0 Å². The Labute approximate surface area is 384 Å². The average Bonchev–Trinajstić information content (AvgIpc) is 3.82. The van der Waals surface area contributed by atoms with Crippen molar-refractivity contribution in [1.29, 1.82) is 0 Å². The van der Waals surface area contributed by atoms with E-state index in [1.165, 1.54) is 13.8 Å². The predicted molar refractivity (Wildman–Crippen MR) is 246 cm³/mol. The first-order valence-electron chi connectivity index (χ1n) is 19.5. The van der Waals surface area contributed by atoms with Crippen LogP contribution < -0.4 is 11.1 Å². The molecule has 2 atom stereocenters. The van der Waals surface area contributed by atoms with E-state index in [2.05, 4.69) is 37.1 Å². The van der Waals surface area contributed by atoms with E-state index < -0.39 is 0 Å². The number of aryl methyl sites for hydroxylation is 2. The Morgan fingerprint density at radius 2 is 1.11 bits per heavy atom. The summed E-state index contributed by atoms with van der Waals surface area (Å²) in [5, 5.41) is 13.5. The number of carbonyl (C=O) groups is 4. The third kappa shape index (κ3) is 11.3. The van der Waals surface area contributed by atoms with Gasteiger partial charge < -0.3 is 20.9 Å². The van der Waals surface area contributed by atoms with Crippen molar-refractivity contribution >= 4 is 104 Å². The summed E-state index contributed by atoms with van der Waals surface area (Å²) >= 11 is 29.1. The first-order chi connectivity index (χ1) is 29.0. The molecule has 2 aliphatic heterocycles. The number of anilines is 2. The van der Waals surface area contributed by atoms with E-state index in [-0.39, 0.29) is 42.5 Å². The highest BCUT2D eigenvalue weighted by Crippen LogP contribution is 2.35. The number of amides is 3. The molecule has 0 spiro atoms. The lowest BCUT2D eigenvalue weighted by atomic mass is 9.98. The number of likely N-dealkylation sites (tertiary alicyclic amines) is 2. The van der Waals surface area contributed by atoms with Crippen molar-refractivity contribution in [2.45, 2.75) is 85.7 Å². The van der Waals surface area contributed by atoms with Crippen LogP contribution in [0.15, 0.2) is 60.9 Å². The third-order valence-corrected chi connectivity index (χ3v) is 11.4. The fourth-order valence-electron chi connectivity index (χ4n) is 7.32. The molecule has 0 aliphatic carbocycles. The van der Waals surface area contributed by atoms with Crippen LogP contribution in [-0.2, 0) is 9.59 Å². The molecular formula is C43H47Cl5N10O4. The van der Waals surface area contributed by atoms with E-state index in [1.807, 2.05) is 43.3 Å². The first kappa shape index (κ1) is 48.0. The fraction of sp³-hybridized carbons (Fsp3) is 0.349. The van der Waals surface area contributed by atoms with E-state index in [1.54, 1.807) is 50.3 Å². The number of nitrogen functional groups attached to an aromatic ring is 1. The second-order valence-corrected chi connectivity index (χ2v) is 16.9. The zero-order valence-electron chi connectivity index (χ0n) is 33.8. The molecule has 14 nitrogen and oxygen atoms in total. The molecule has 62 heavy (non-hydrogen) atoms. The Balaban J connectivity index is 0.000000213. The number of piperidine rings is 2. The van der Waals surface area contributed by atoms with Gasteiger partial charge in [0.1, 0.15) is 10.3 Å². The van der Waals surface area contributed by atoms with Gasteiger partial charge in [0.05, 0.1) is 40.3 Å². The molecule has 0 bridgehead atoms. The molecule has 19 heteroatoms. The van der Waals surface area contributed by atoms with Crippen molar-refractivity contribution in [3.8, 4) is 0 Å². The third-order valence-electron chi connectivity index (χ3n) is 10.2. The number of nitrogens with zero attached hydrogens (tertiary/aromatic N) is 8. The number of aromatic nitrogens is 6. The number of nitrogens with two attached hydrogens (primary N) is 1. The van der Waals surface area contributed by atoms with Gasteiger partial charge in [-0.1, -0.05) is 53.8 Å². The molecule has 8 rings (SSSR count). The quantitative estimate of drug-likeness (QED) is 0.0969. The lowest BCUT2D eigenvalue weighted by Crippen LogP contribution is -2.39. The minimum atomic E-state index is -0.361. The van der Waals surface area contributed by atoms with E-state index in [9.17, 15) is 19.2 Å². The van der Waals surface area contributed by atoms with Crippen LogP contribution in [0, 0.1) is 13.8 Å². The standard InChI is InChI=1S/C21H21Cl2N5O2.C19H19Cl2N5O.C2H3ClO.CH4/c1-12-11-28-19(25-20(12)23)10-17(26-28)18-5-3-4-8-27(18)21(30)15-9-14(22)6-7-16(15)24-13(2)29;1-11-10-26-17(23-18(11)21)9-15(24-26)16-4-2-3-7-25(16)19(27)13-8-12(20)5-6-14(13)22;1-2(3)4;/h6-7,9-11,18H,3-5,8H2,1-2H3,(H,24,29);5-6,8-10,16H,2-4,7,22H2,1H3;1H3;1H4/t18-;16-;;/m00../s1. The number of hydrogen-bond donors (Lipinski definition) is 2. The molecule has 2 fully saturated rings. The van der Waals surface area contributed by atoms with Gasteiger partial charge >= 0.3 is 0 Å². The van der Waals surface area contributed by atoms with Gasteiger partial charge in [0.15, 0.2) is 11.3 Å². The molecule has 6 aromatic rings. The van der Waals surface area contributed by atoms with Gasteiger partial charge in [-0.05, 0) is 100 Å². The highest BCUT2D eigenvalue weighted by Gasteiger charge is 2.33. The normalized spacial score (nSPS) is 16.1. The number of benzene rings is 2. The van der Waals surface area contributed by atoms with Crippen LogP contribution in [0.25, 0.3) is 11.3 Å². The lowest BCUT2D eigenvalue weighted by molar-refractivity contribution is -0.114. The zero-order chi connectivity index (χ0) is 44.1. The zero-order valence-corrected chi connectivity index (χ0v) is 37.5. The number of hydrogen-bond acceptors (Lipinski definition) is 9. The van der Waals surface area contributed by atoms with Crippen molar-refractivity contribution in [3.63, 3.8) is 0 Å². The van der Waals surface area contributed by atoms with Crippen LogP contribution in [0.2, 0.25) is 20.4 Å². The molecule has 2 aliphatic rings. The summed E-state index contributed by atoms with van der Waals surface area (Å²) in [5.41, 5.74) is 12.2. The molecule has 0 saturated carbocycles. The smallest absolute Gasteiger partial charge is 0.256 e. The van der Waals surface area contributed by atoms with Crippen molar-refractivity contribution < 1.29 is 19.2 Å². The van der Waals surface area contributed by atoms with Gasteiger partial charge in [0, 0.05) is 78.3 Å². The van der Waals surface area contributed by atoms with Crippen LogP contribution in [0.5, 0.6) is 0 Å². The van der Waals surface area contributed by atoms with Crippen molar-refractivity contribution in [3.05, 3.63) is 115 Å². The Morgan fingerprint density at radius 1 is 0.677 bits per heavy atom. The van der Waals surface area contributed by atoms with Gasteiger partial charge in [0.25, 0.3) is 11.8 Å². The first-order valence-corrected chi connectivity index (χ1v) is 21.3. The van der Waals surface area contributed by atoms with Gasteiger partial charge in [-0.3, -0.25) is 19.2 Å². The lowest BCUT2D eigenvalue weighted by Gasteiger charge is -2.35. The summed E-state index contributed by atoms with van der Waals surface area (Å²) in [7, 11) is 0. The van der Waals surface area contributed by atoms with Gasteiger partial charge in [0.2, 0.25) is 11.1 Å². The summed E-state index contributed by atoms with van der Waals surface area (Å²) in [4.78, 5) is 59.9. The topological polar surface area (TPSA) is 173 Å². The summed E-state index contributed by atoms with van der Waals surface area (Å²) in [6, 6.07) is 13.3. The van der Waals surface area contributed by atoms with Crippen LogP contribution in [0.1, 0.15) is 115 Å². The molecule has 4 aromatic heterocycles. The average molecular weight is 945 g/mol. The minimum Gasteiger partial charge on any atom is -0.398 e. The highest BCUT2D eigenvalue weighted by molar-refractivity contribution is 6.62. The highest BCUT2D eigenvalue weighted by atomic mass is 35.5. The predicted octanol–water partition coefficient (Wildman–Crippen LogP) is 10.4. The van der Waals surface area contributed by atoms with Crippen LogP contribution >= 0.6 is 58.0 Å². The van der Waals surface area contributed by atoms with E-state index in [4.69, 9.17) is 52.1 Å². The molecule has 6 heterocycles. The van der Waals surface area contributed by atoms with Gasteiger partial charge in [-0.15, -0.1) is 0 Å². The number of rotatable bonds is 5. The van der Waals surface area contributed by atoms with Crippen LogP contribution in [-0.4, -0.2) is 75.0 Å². The Kier molecular flexibility index (Phi) is 16.2. The minimum absolute atomic E-state index is 0. The SMILES string of the molecule is C.CC(=O)Cl.CC(=O)Nc1ccc(Cl)cc1C(=O)N1CCCC[C@H]1c1cc2nc(Cl)c(C)cn2n1.Cc1cn2nc([C@@H]3CCCCN3C(=O)c3cc(Cl)ccc3N)cc2nc1Cl. The Morgan fingerprint density at radius 3 is 1.58 bits per heavy atom.